The molecule has 0 aliphatic heterocycles. The van der Waals surface area contributed by atoms with Crippen LogP contribution in [0.3, 0.4) is 0 Å². The summed E-state index contributed by atoms with van der Waals surface area (Å²) in [6.07, 6.45) is 5.37. The van der Waals surface area contributed by atoms with E-state index in [0.29, 0.717) is 5.95 Å². The molecule has 0 saturated carbocycles. The average molecular weight is 290 g/mol. The molecule has 2 N–H and O–H groups in total. The van der Waals surface area contributed by atoms with E-state index < -0.39 is 10.0 Å². The Kier molecular flexibility index (Phi) is 5.83. The summed E-state index contributed by atoms with van der Waals surface area (Å²) in [6, 6.07) is -0.105. The van der Waals surface area contributed by atoms with Crippen molar-refractivity contribution in [1.29, 1.82) is 0 Å². The Morgan fingerprint density at radius 1 is 1.39 bits per heavy atom. The second-order valence-corrected chi connectivity index (χ2v) is 6.50. The maximum atomic E-state index is 12.0. The number of nitrogens with zero attached hydrogens (tertiary/aromatic N) is 2. The second kappa shape index (κ2) is 6.91. The third-order valence-corrected chi connectivity index (χ3v) is 4.46. The number of anilines is 1. The molecule has 0 amide bonds. The Morgan fingerprint density at radius 2 is 2.00 bits per heavy atom. The van der Waals surface area contributed by atoms with Crippen LogP contribution in [0.1, 0.15) is 13.3 Å². The van der Waals surface area contributed by atoms with E-state index >= 15 is 0 Å². The van der Waals surface area contributed by atoms with Crippen molar-refractivity contribution >= 4 is 27.7 Å². The molecule has 0 aliphatic rings. The van der Waals surface area contributed by atoms with Gasteiger partial charge in [-0.25, -0.2) is 23.1 Å². The van der Waals surface area contributed by atoms with Gasteiger partial charge in [-0.3, -0.25) is 0 Å². The van der Waals surface area contributed by atoms with E-state index in [9.17, 15) is 8.42 Å². The van der Waals surface area contributed by atoms with Crippen molar-refractivity contribution in [2.75, 3.05) is 24.4 Å². The van der Waals surface area contributed by atoms with Crippen LogP contribution >= 0.6 is 11.8 Å². The Balaban J connectivity index is 2.73. The number of aromatic nitrogens is 2. The normalized spacial score (nSPS) is 13.3. The lowest BCUT2D eigenvalue weighted by molar-refractivity contribution is 0.556. The molecule has 1 unspecified atom stereocenters. The van der Waals surface area contributed by atoms with Crippen molar-refractivity contribution in [3.63, 3.8) is 0 Å². The van der Waals surface area contributed by atoms with Gasteiger partial charge in [0.1, 0.15) is 4.90 Å². The first-order chi connectivity index (χ1) is 8.49. The lowest BCUT2D eigenvalue weighted by Gasteiger charge is -2.13. The summed E-state index contributed by atoms with van der Waals surface area (Å²) in [5.41, 5.74) is 0. The van der Waals surface area contributed by atoms with Gasteiger partial charge in [-0.1, -0.05) is 0 Å². The van der Waals surface area contributed by atoms with E-state index in [2.05, 4.69) is 20.0 Å². The molecule has 0 saturated heterocycles. The molecule has 8 heteroatoms. The monoisotopic (exact) mass is 290 g/mol. The van der Waals surface area contributed by atoms with Gasteiger partial charge in [0.25, 0.3) is 0 Å². The fourth-order valence-corrected chi connectivity index (χ4v) is 3.03. The molecular weight excluding hydrogens is 272 g/mol. The standard InChI is InChI=1S/C10H18N4O2S2/c1-8(4-5-17-3)14-18(15,16)9-6-12-10(11-2)13-7-9/h6-8,14H,4-5H2,1-3H3,(H,11,12,13). The Morgan fingerprint density at radius 3 is 2.50 bits per heavy atom. The second-order valence-electron chi connectivity index (χ2n) is 3.80. The number of hydrogen-bond donors (Lipinski definition) is 2. The quantitative estimate of drug-likeness (QED) is 0.777. The fraction of sp³-hybridized carbons (Fsp3) is 0.600. The minimum absolute atomic E-state index is 0.0810. The van der Waals surface area contributed by atoms with Gasteiger partial charge in [-0.15, -0.1) is 0 Å². The zero-order chi connectivity index (χ0) is 13.6. The Bertz CT molecular complexity index is 461. The van der Waals surface area contributed by atoms with Gasteiger partial charge in [-0.05, 0) is 25.4 Å². The van der Waals surface area contributed by atoms with Gasteiger partial charge >= 0.3 is 0 Å². The molecule has 0 bridgehead atoms. The first-order valence-electron chi connectivity index (χ1n) is 5.50. The maximum Gasteiger partial charge on any atom is 0.243 e. The zero-order valence-corrected chi connectivity index (χ0v) is 12.3. The van der Waals surface area contributed by atoms with Crippen molar-refractivity contribution in [2.45, 2.75) is 24.3 Å². The molecule has 18 heavy (non-hydrogen) atoms. The largest absolute Gasteiger partial charge is 0.357 e. The summed E-state index contributed by atoms with van der Waals surface area (Å²) in [4.78, 5) is 7.86. The predicted molar refractivity (Wildman–Crippen MR) is 74.4 cm³/mol. The lowest BCUT2D eigenvalue weighted by Crippen LogP contribution is -2.33. The van der Waals surface area contributed by atoms with Crippen LogP contribution in [0.2, 0.25) is 0 Å². The fourth-order valence-electron chi connectivity index (χ4n) is 1.27. The number of rotatable bonds is 7. The van der Waals surface area contributed by atoms with Crippen molar-refractivity contribution in [2.24, 2.45) is 0 Å². The number of hydrogen-bond acceptors (Lipinski definition) is 6. The van der Waals surface area contributed by atoms with E-state index in [1.807, 2.05) is 13.2 Å². The summed E-state index contributed by atoms with van der Waals surface area (Å²) < 4.78 is 26.6. The van der Waals surface area contributed by atoms with Crippen LogP contribution in [0.5, 0.6) is 0 Å². The highest BCUT2D eigenvalue weighted by Gasteiger charge is 2.17. The maximum absolute atomic E-state index is 12.0. The van der Waals surface area contributed by atoms with E-state index in [-0.39, 0.29) is 10.9 Å². The molecule has 1 aromatic heterocycles. The van der Waals surface area contributed by atoms with Crippen molar-refractivity contribution in [3.05, 3.63) is 12.4 Å². The molecule has 6 nitrogen and oxygen atoms in total. The molecule has 0 aliphatic carbocycles. The van der Waals surface area contributed by atoms with Gasteiger partial charge in [-0.2, -0.15) is 11.8 Å². The molecule has 0 radical (unpaired) electrons. The van der Waals surface area contributed by atoms with Crippen LogP contribution in [0.25, 0.3) is 0 Å². The smallest absolute Gasteiger partial charge is 0.243 e. The van der Waals surface area contributed by atoms with Crippen LogP contribution in [0.4, 0.5) is 5.95 Å². The molecule has 0 fully saturated rings. The van der Waals surface area contributed by atoms with Crippen molar-refractivity contribution in [3.8, 4) is 0 Å². The van der Waals surface area contributed by atoms with Gasteiger partial charge in [0.2, 0.25) is 16.0 Å². The number of thioether (sulfide) groups is 1. The van der Waals surface area contributed by atoms with Gasteiger partial charge in [0, 0.05) is 13.1 Å². The van der Waals surface area contributed by atoms with Gasteiger partial charge in [0.15, 0.2) is 0 Å². The SMILES string of the molecule is CNc1ncc(S(=O)(=O)NC(C)CCSC)cn1. The van der Waals surface area contributed by atoms with Crippen LogP contribution in [-0.2, 0) is 10.0 Å². The molecule has 1 heterocycles. The summed E-state index contributed by atoms with van der Waals surface area (Å²) in [7, 11) is -1.85. The van der Waals surface area contributed by atoms with Gasteiger partial charge in [0.05, 0.1) is 12.4 Å². The van der Waals surface area contributed by atoms with E-state index in [4.69, 9.17) is 0 Å². The summed E-state index contributed by atoms with van der Waals surface area (Å²) >= 11 is 1.69. The van der Waals surface area contributed by atoms with Gasteiger partial charge < -0.3 is 5.32 Å². The molecular formula is C10H18N4O2S2. The molecule has 102 valence electrons. The summed E-state index contributed by atoms with van der Waals surface area (Å²) in [5, 5.41) is 2.73. The third kappa shape index (κ3) is 4.43. The number of sulfonamides is 1. The average Bonchev–Trinajstić information content (AvgIpc) is 2.36. The first-order valence-corrected chi connectivity index (χ1v) is 8.38. The molecule has 0 spiro atoms. The zero-order valence-electron chi connectivity index (χ0n) is 10.7. The topological polar surface area (TPSA) is 84.0 Å². The minimum Gasteiger partial charge on any atom is -0.357 e. The molecule has 1 rings (SSSR count). The van der Waals surface area contributed by atoms with Crippen LogP contribution in [0.15, 0.2) is 17.3 Å². The minimum atomic E-state index is -3.53. The lowest BCUT2D eigenvalue weighted by atomic mass is 10.3. The van der Waals surface area contributed by atoms with Crippen molar-refractivity contribution in [1.82, 2.24) is 14.7 Å². The highest BCUT2D eigenvalue weighted by Crippen LogP contribution is 2.09. The van der Waals surface area contributed by atoms with Crippen LogP contribution in [-0.4, -0.2) is 43.5 Å². The molecule has 1 atom stereocenters. The highest BCUT2D eigenvalue weighted by molar-refractivity contribution is 7.98. The Hall–Kier alpha value is -0.860. The van der Waals surface area contributed by atoms with Crippen LogP contribution < -0.4 is 10.0 Å². The van der Waals surface area contributed by atoms with E-state index in [1.165, 1.54) is 12.4 Å². The summed E-state index contributed by atoms with van der Waals surface area (Å²) in [6.45, 7) is 1.84. The van der Waals surface area contributed by atoms with Crippen molar-refractivity contribution < 1.29 is 8.42 Å². The highest BCUT2D eigenvalue weighted by atomic mass is 32.2. The van der Waals surface area contributed by atoms with Crippen LogP contribution in [0, 0.1) is 0 Å². The molecule has 0 aromatic carbocycles. The molecule has 1 aromatic rings. The number of nitrogens with one attached hydrogen (secondary N) is 2. The summed E-state index contributed by atoms with van der Waals surface area (Å²) in [5.74, 6) is 1.31. The Labute approximate surface area is 112 Å². The predicted octanol–water partition coefficient (Wildman–Crippen LogP) is 0.938. The van der Waals surface area contributed by atoms with E-state index in [1.54, 1.807) is 18.8 Å². The van der Waals surface area contributed by atoms with E-state index in [0.717, 1.165) is 12.2 Å². The first kappa shape index (κ1) is 15.2. The third-order valence-electron chi connectivity index (χ3n) is 2.27.